The number of amides is 1. The SMILES string of the molecule is CCOC(=O)Cn1c(=NC(=O)c2ccco2)sc2cc([N+](=O)[O-])ccc21. The number of non-ortho nitro benzene ring substituents is 1. The third kappa shape index (κ3) is 3.54. The molecule has 26 heavy (non-hydrogen) atoms. The number of nitro groups is 1. The second kappa shape index (κ2) is 7.31. The Labute approximate surface area is 150 Å². The van der Waals surface area contributed by atoms with Crippen molar-refractivity contribution in [1.82, 2.24) is 4.57 Å². The summed E-state index contributed by atoms with van der Waals surface area (Å²) in [5.41, 5.74) is 0.450. The zero-order valence-electron chi connectivity index (χ0n) is 13.6. The molecule has 0 saturated carbocycles. The van der Waals surface area contributed by atoms with Crippen LogP contribution in [0.2, 0.25) is 0 Å². The monoisotopic (exact) mass is 375 g/mol. The smallest absolute Gasteiger partial charge is 0.326 e. The van der Waals surface area contributed by atoms with Crippen molar-refractivity contribution in [3.05, 3.63) is 57.3 Å². The molecule has 0 atom stereocenters. The van der Waals surface area contributed by atoms with E-state index in [4.69, 9.17) is 9.15 Å². The summed E-state index contributed by atoms with van der Waals surface area (Å²) in [5, 5.41) is 11.0. The first-order chi connectivity index (χ1) is 12.5. The summed E-state index contributed by atoms with van der Waals surface area (Å²) in [4.78, 5) is 38.8. The van der Waals surface area contributed by atoms with E-state index in [-0.39, 0.29) is 29.4 Å². The summed E-state index contributed by atoms with van der Waals surface area (Å²) < 4.78 is 12.0. The van der Waals surface area contributed by atoms with Gasteiger partial charge in [0.05, 0.1) is 28.0 Å². The van der Waals surface area contributed by atoms with Crippen molar-refractivity contribution in [2.24, 2.45) is 4.99 Å². The second-order valence-corrected chi connectivity index (χ2v) is 6.09. The Bertz CT molecular complexity index is 1050. The van der Waals surface area contributed by atoms with Crippen LogP contribution in [0.5, 0.6) is 0 Å². The molecule has 0 bridgehead atoms. The van der Waals surface area contributed by atoms with Gasteiger partial charge in [-0.1, -0.05) is 11.3 Å². The van der Waals surface area contributed by atoms with Crippen molar-refractivity contribution >= 4 is 39.1 Å². The van der Waals surface area contributed by atoms with Crippen molar-refractivity contribution in [3.63, 3.8) is 0 Å². The predicted molar refractivity (Wildman–Crippen MR) is 91.7 cm³/mol. The fourth-order valence-electron chi connectivity index (χ4n) is 2.29. The molecule has 0 aliphatic rings. The van der Waals surface area contributed by atoms with Gasteiger partial charge in [-0.05, 0) is 25.1 Å². The minimum absolute atomic E-state index is 0.0520. The van der Waals surface area contributed by atoms with E-state index < -0.39 is 16.8 Å². The Kier molecular flexibility index (Phi) is 4.94. The van der Waals surface area contributed by atoms with Crippen LogP contribution in [-0.2, 0) is 16.1 Å². The molecule has 134 valence electrons. The van der Waals surface area contributed by atoms with Crippen LogP contribution in [0.25, 0.3) is 10.2 Å². The summed E-state index contributed by atoms with van der Waals surface area (Å²) in [6.07, 6.45) is 1.35. The highest BCUT2D eigenvalue weighted by atomic mass is 32.1. The lowest BCUT2D eigenvalue weighted by atomic mass is 10.3. The van der Waals surface area contributed by atoms with Gasteiger partial charge in [-0.3, -0.25) is 19.7 Å². The van der Waals surface area contributed by atoms with E-state index in [9.17, 15) is 19.7 Å². The van der Waals surface area contributed by atoms with Crippen LogP contribution in [0.1, 0.15) is 17.5 Å². The van der Waals surface area contributed by atoms with Crippen LogP contribution in [0, 0.1) is 10.1 Å². The van der Waals surface area contributed by atoms with Crippen molar-refractivity contribution in [2.45, 2.75) is 13.5 Å². The first-order valence-corrected chi connectivity index (χ1v) is 8.37. The maximum Gasteiger partial charge on any atom is 0.326 e. The van der Waals surface area contributed by atoms with Crippen molar-refractivity contribution < 1.29 is 23.7 Å². The topological polar surface area (TPSA) is 117 Å². The quantitative estimate of drug-likeness (QED) is 0.384. The number of carbonyl (C=O) groups is 2. The molecule has 0 unspecified atom stereocenters. The molecule has 2 aromatic heterocycles. The third-order valence-corrected chi connectivity index (χ3v) is 4.44. The van der Waals surface area contributed by atoms with Gasteiger partial charge in [-0.2, -0.15) is 4.99 Å². The molecule has 3 aromatic rings. The first kappa shape index (κ1) is 17.5. The zero-order chi connectivity index (χ0) is 18.7. The summed E-state index contributed by atoms with van der Waals surface area (Å²) in [5.74, 6) is -1.07. The Hall–Kier alpha value is -3.27. The van der Waals surface area contributed by atoms with E-state index in [1.807, 2.05) is 0 Å². The summed E-state index contributed by atoms with van der Waals surface area (Å²) in [6, 6.07) is 7.25. The minimum atomic E-state index is -0.617. The van der Waals surface area contributed by atoms with Gasteiger partial charge in [0.1, 0.15) is 6.54 Å². The molecular formula is C16H13N3O6S. The summed E-state index contributed by atoms with van der Waals surface area (Å²) in [7, 11) is 0. The number of fused-ring (bicyclic) bond motifs is 1. The number of furan rings is 1. The zero-order valence-corrected chi connectivity index (χ0v) is 14.4. The van der Waals surface area contributed by atoms with Gasteiger partial charge in [0.2, 0.25) is 0 Å². The number of nitro benzene ring substituents is 1. The molecule has 2 heterocycles. The van der Waals surface area contributed by atoms with Gasteiger partial charge in [0, 0.05) is 12.1 Å². The van der Waals surface area contributed by atoms with E-state index >= 15 is 0 Å². The van der Waals surface area contributed by atoms with Gasteiger partial charge < -0.3 is 13.7 Å². The maximum absolute atomic E-state index is 12.2. The fraction of sp³-hybridized carbons (Fsp3) is 0.188. The van der Waals surface area contributed by atoms with E-state index in [2.05, 4.69) is 4.99 Å². The summed E-state index contributed by atoms with van der Waals surface area (Å²) in [6.45, 7) is 1.73. The summed E-state index contributed by atoms with van der Waals surface area (Å²) >= 11 is 1.06. The van der Waals surface area contributed by atoms with Crippen LogP contribution < -0.4 is 4.80 Å². The average Bonchev–Trinajstić information content (AvgIpc) is 3.23. The highest BCUT2D eigenvalue weighted by molar-refractivity contribution is 7.16. The van der Waals surface area contributed by atoms with Gasteiger partial charge in [0.25, 0.3) is 5.69 Å². The molecule has 10 heteroatoms. The molecule has 0 aliphatic heterocycles. The van der Waals surface area contributed by atoms with Gasteiger partial charge >= 0.3 is 11.9 Å². The number of aromatic nitrogens is 1. The largest absolute Gasteiger partial charge is 0.465 e. The first-order valence-electron chi connectivity index (χ1n) is 7.55. The Morgan fingerprint density at radius 3 is 2.85 bits per heavy atom. The number of ether oxygens (including phenoxy) is 1. The van der Waals surface area contributed by atoms with Gasteiger partial charge in [-0.25, -0.2) is 0 Å². The molecular weight excluding hydrogens is 362 g/mol. The molecule has 3 rings (SSSR count). The average molecular weight is 375 g/mol. The molecule has 1 amide bonds. The number of carbonyl (C=O) groups excluding carboxylic acids is 2. The van der Waals surface area contributed by atoms with Crippen LogP contribution in [0.4, 0.5) is 5.69 Å². The van der Waals surface area contributed by atoms with Crippen LogP contribution >= 0.6 is 11.3 Å². The molecule has 0 spiro atoms. The number of hydrogen-bond donors (Lipinski definition) is 0. The number of benzene rings is 1. The Morgan fingerprint density at radius 2 is 2.19 bits per heavy atom. The van der Waals surface area contributed by atoms with Crippen molar-refractivity contribution in [1.29, 1.82) is 0 Å². The number of esters is 1. The molecule has 0 radical (unpaired) electrons. The maximum atomic E-state index is 12.2. The lowest BCUT2D eigenvalue weighted by Gasteiger charge is -2.04. The van der Waals surface area contributed by atoms with Crippen LogP contribution in [0.3, 0.4) is 0 Å². The fourth-order valence-corrected chi connectivity index (χ4v) is 3.35. The van der Waals surface area contributed by atoms with E-state index in [1.54, 1.807) is 13.0 Å². The number of nitrogens with zero attached hydrogens (tertiary/aromatic N) is 3. The standard InChI is InChI=1S/C16H13N3O6S/c1-2-24-14(20)9-18-11-6-5-10(19(22)23)8-13(11)26-16(18)17-15(21)12-4-3-7-25-12/h3-8H,2,9H2,1H3. The molecule has 0 saturated heterocycles. The Balaban J connectivity index is 2.14. The molecule has 0 N–H and O–H groups in total. The second-order valence-electron chi connectivity index (χ2n) is 5.08. The number of thiazole rings is 1. The van der Waals surface area contributed by atoms with Crippen LogP contribution in [0.15, 0.2) is 46.0 Å². The highest BCUT2D eigenvalue weighted by Gasteiger charge is 2.16. The van der Waals surface area contributed by atoms with Crippen LogP contribution in [-0.4, -0.2) is 28.0 Å². The van der Waals surface area contributed by atoms with E-state index in [0.717, 1.165) is 11.3 Å². The van der Waals surface area contributed by atoms with Crippen molar-refractivity contribution in [2.75, 3.05) is 6.61 Å². The van der Waals surface area contributed by atoms with Gasteiger partial charge in [0.15, 0.2) is 10.6 Å². The highest BCUT2D eigenvalue weighted by Crippen LogP contribution is 2.23. The Morgan fingerprint density at radius 1 is 1.38 bits per heavy atom. The number of hydrogen-bond acceptors (Lipinski definition) is 7. The van der Waals surface area contributed by atoms with Crippen molar-refractivity contribution in [3.8, 4) is 0 Å². The minimum Gasteiger partial charge on any atom is -0.465 e. The van der Waals surface area contributed by atoms with E-state index in [0.29, 0.717) is 10.2 Å². The molecule has 0 fully saturated rings. The molecule has 1 aromatic carbocycles. The predicted octanol–water partition coefficient (Wildman–Crippen LogP) is 2.51. The third-order valence-electron chi connectivity index (χ3n) is 3.40. The number of rotatable bonds is 5. The lowest BCUT2D eigenvalue weighted by Crippen LogP contribution is -2.23. The van der Waals surface area contributed by atoms with E-state index in [1.165, 1.54) is 35.1 Å². The molecule has 0 aliphatic carbocycles. The lowest BCUT2D eigenvalue weighted by molar-refractivity contribution is -0.384. The molecule has 9 nitrogen and oxygen atoms in total. The normalized spacial score (nSPS) is 11.7. The van der Waals surface area contributed by atoms with Gasteiger partial charge in [-0.15, -0.1) is 0 Å².